The molecule has 0 aliphatic heterocycles. The van der Waals surface area contributed by atoms with Crippen LogP contribution >= 0.6 is 0 Å². The highest BCUT2D eigenvalue weighted by molar-refractivity contribution is 5.96. The fourth-order valence-electron chi connectivity index (χ4n) is 2.64. The van der Waals surface area contributed by atoms with E-state index in [1.165, 1.54) is 6.33 Å². The largest absolute Gasteiger partial charge is 0.357 e. The number of nitrogens with zero attached hydrogens (tertiary/aromatic N) is 2. The number of aromatic amines is 2. The third-order valence-electron chi connectivity index (χ3n) is 3.85. The quantitative estimate of drug-likeness (QED) is 0.541. The number of nitrogens with one attached hydrogen (secondary N) is 3. The predicted molar refractivity (Wildman–Crippen MR) is 91.3 cm³/mol. The number of carbonyl (C=O) groups excluding carboxylic acids is 1. The number of aromatic nitrogens is 4. The molecule has 0 spiro atoms. The van der Waals surface area contributed by atoms with Crippen LogP contribution in [0.15, 0.2) is 61.2 Å². The fourth-order valence-corrected chi connectivity index (χ4v) is 2.64. The van der Waals surface area contributed by atoms with Gasteiger partial charge in [-0.15, -0.1) is 0 Å². The van der Waals surface area contributed by atoms with Gasteiger partial charge < -0.3 is 15.3 Å². The van der Waals surface area contributed by atoms with Crippen molar-refractivity contribution < 1.29 is 4.79 Å². The second-order valence-electron chi connectivity index (χ2n) is 5.43. The monoisotopic (exact) mass is 317 g/mol. The van der Waals surface area contributed by atoms with E-state index in [9.17, 15) is 4.79 Å². The smallest absolute Gasteiger partial charge is 0.267 e. The molecule has 4 aromatic rings. The standard InChI is InChI=1S/C18H15N5O/c24-18(21-9-12-4-2-1-3-5-12)15-8-13(10-20-15)16-14-6-7-19-17(14)23-11-22-16/h1-8,10-11,20H,9H2,(H,21,24)(H,19,22,23). The van der Waals surface area contributed by atoms with E-state index in [1.54, 1.807) is 12.3 Å². The van der Waals surface area contributed by atoms with E-state index < -0.39 is 0 Å². The minimum Gasteiger partial charge on any atom is -0.357 e. The molecular formula is C18H15N5O. The first-order valence-electron chi connectivity index (χ1n) is 7.60. The lowest BCUT2D eigenvalue weighted by Gasteiger charge is -2.03. The minimum absolute atomic E-state index is 0.149. The molecule has 0 fully saturated rings. The number of carbonyl (C=O) groups is 1. The molecule has 1 amide bonds. The molecule has 0 atom stereocenters. The molecule has 24 heavy (non-hydrogen) atoms. The SMILES string of the molecule is O=C(NCc1ccccc1)c1cc(-c2ncnc3[nH]ccc23)c[nH]1. The summed E-state index contributed by atoms with van der Waals surface area (Å²) in [5.41, 5.74) is 3.98. The molecule has 4 rings (SSSR count). The summed E-state index contributed by atoms with van der Waals surface area (Å²) in [5, 5.41) is 3.83. The van der Waals surface area contributed by atoms with Crippen LogP contribution in [0.2, 0.25) is 0 Å². The van der Waals surface area contributed by atoms with Gasteiger partial charge in [-0.1, -0.05) is 30.3 Å². The number of H-pyrrole nitrogens is 2. The second-order valence-corrected chi connectivity index (χ2v) is 5.43. The van der Waals surface area contributed by atoms with Gasteiger partial charge in [0.05, 0.1) is 5.69 Å². The number of hydrogen-bond acceptors (Lipinski definition) is 3. The highest BCUT2D eigenvalue weighted by Crippen LogP contribution is 2.25. The van der Waals surface area contributed by atoms with Crippen LogP contribution in [0.3, 0.4) is 0 Å². The van der Waals surface area contributed by atoms with Crippen LogP contribution in [0, 0.1) is 0 Å². The van der Waals surface area contributed by atoms with Gasteiger partial charge in [0.1, 0.15) is 17.7 Å². The minimum atomic E-state index is -0.149. The molecule has 0 radical (unpaired) electrons. The number of hydrogen-bond donors (Lipinski definition) is 3. The molecule has 0 unspecified atom stereocenters. The lowest BCUT2D eigenvalue weighted by atomic mass is 10.1. The van der Waals surface area contributed by atoms with E-state index >= 15 is 0 Å². The van der Waals surface area contributed by atoms with Gasteiger partial charge in [-0.2, -0.15) is 0 Å². The van der Waals surface area contributed by atoms with Crippen molar-refractivity contribution in [2.24, 2.45) is 0 Å². The van der Waals surface area contributed by atoms with Crippen LogP contribution in [-0.2, 0) is 6.54 Å². The zero-order valence-electron chi connectivity index (χ0n) is 12.8. The van der Waals surface area contributed by atoms with Gasteiger partial charge >= 0.3 is 0 Å². The third kappa shape index (κ3) is 2.65. The van der Waals surface area contributed by atoms with Crippen molar-refractivity contribution in [3.05, 3.63) is 72.4 Å². The van der Waals surface area contributed by atoms with Crippen molar-refractivity contribution in [2.75, 3.05) is 0 Å². The Balaban J connectivity index is 1.54. The van der Waals surface area contributed by atoms with E-state index in [0.717, 1.165) is 27.9 Å². The highest BCUT2D eigenvalue weighted by atomic mass is 16.1. The molecule has 0 aliphatic rings. The van der Waals surface area contributed by atoms with Crippen molar-refractivity contribution >= 4 is 16.9 Å². The van der Waals surface area contributed by atoms with Crippen LogP contribution < -0.4 is 5.32 Å². The zero-order valence-corrected chi connectivity index (χ0v) is 12.8. The molecular weight excluding hydrogens is 302 g/mol. The molecule has 0 saturated carbocycles. The van der Waals surface area contributed by atoms with Gasteiger partial charge in [-0.05, 0) is 17.7 Å². The average Bonchev–Trinajstić information content (AvgIpc) is 3.29. The van der Waals surface area contributed by atoms with Gasteiger partial charge in [0.15, 0.2) is 0 Å². The Morgan fingerprint density at radius 2 is 1.96 bits per heavy atom. The van der Waals surface area contributed by atoms with Crippen LogP contribution in [-0.4, -0.2) is 25.8 Å². The molecule has 0 saturated heterocycles. The van der Waals surface area contributed by atoms with Crippen molar-refractivity contribution in [2.45, 2.75) is 6.54 Å². The molecule has 0 bridgehead atoms. The zero-order chi connectivity index (χ0) is 16.4. The molecule has 0 aliphatic carbocycles. The first-order valence-corrected chi connectivity index (χ1v) is 7.60. The summed E-state index contributed by atoms with van der Waals surface area (Å²) in [5.74, 6) is -0.149. The maximum absolute atomic E-state index is 12.3. The van der Waals surface area contributed by atoms with Crippen molar-refractivity contribution in [3.8, 4) is 11.3 Å². The van der Waals surface area contributed by atoms with Gasteiger partial charge in [-0.3, -0.25) is 4.79 Å². The molecule has 6 nitrogen and oxygen atoms in total. The first-order chi connectivity index (χ1) is 11.8. The lowest BCUT2D eigenvalue weighted by Crippen LogP contribution is -2.22. The third-order valence-corrected chi connectivity index (χ3v) is 3.85. The molecule has 3 aromatic heterocycles. The van der Waals surface area contributed by atoms with E-state index in [4.69, 9.17) is 0 Å². The maximum Gasteiger partial charge on any atom is 0.267 e. The highest BCUT2D eigenvalue weighted by Gasteiger charge is 2.12. The van der Waals surface area contributed by atoms with E-state index in [1.807, 2.05) is 42.6 Å². The van der Waals surface area contributed by atoms with Crippen LogP contribution in [0.25, 0.3) is 22.3 Å². The Morgan fingerprint density at radius 3 is 2.83 bits per heavy atom. The molecule has 118 valence electrons. The lowest BCUT2D eigenvalue weighted by molar-refractivity contribution is 0.0946. The first kappa shape index (κ1) is 14.2. The van der Waals surface area contributed by atoms with E-state index in [2.05, 4.69) is 25.3 Å². The van der Waals surface area contributed by atoms with E-state index in [-0.39, 0.29) is 5.91 Å². The van der Waals surface area contributed by atoms with Crippen LogP contribution in [0.4, 0.5) is 0 Å². The van der Waals surface area contributed by atoms with Crippen molar-refractivity contribution in [3.63, 3.8) is 0 Å². The summed E-state index contributed by atoms with van der Waals surface area (Å²) in [7, 11) is 0. The maximum atomic E-state index is 12.3. The molecule has 6 heteroatoms. The topological polar surface area (TPSA) is 86.5 Å². The predicted octanol–water partition coefficient (Wildman–Crippen LogP) is 2.88. The molecule has 1 aromatic carbocycles. The van der Waals surface area contributed by atoms with Crippen LogP contribution in [0.5, 0.6) is 0 Å². The Hall–Kier alpha value is -3.41. The summed E-state index contributed by atoms with van der Waals surface area (Å²) in [6.07, 6.45) is 5.12. The van der Waals surface area contributed by atoms with E-state index in [0.29, 0.717) is 12.2 Å². The summed E-state index contributed by atoms with van der Waals surface area (Å²) in [6.45, 7) is 0.490. The van der Waals surface area contributed by atoms with Crippen molar-refractivity contribution in [1.29, 1.82) is 0 Å². The van der Waals surface area contributed by atoms with Crippen LogP contribution in [0.1, 0.15) is 16.1 Å². The summed E-state index contributed by atoms with van der Waals surface area (Å²) >= 11 is 0. The summed E-state index contributed by atoms with van der Waals surface area (Å²) < 4.78 is 0. The number of amides is 1. The second kappa shape index (κ2) is 6.00. The normalized spacial score (nSPS) is 10.8. The molecule has 3 N–H and O–H groups in total. The Kier molecular flexibility index (Phi) is 3.55. The average molecular weight is 317 g/mol. The summed E-state index contributed by atoms with van der Waals surface area (Å²) in [4.78, 5) is 26.9. The fraction of sp³-hybridized carbons (Fsp3) is 0.0556. The molecule has 3 heterocycles. The summed E-state index contributed by atoms with van der Waals surface area (Å²) in [6, 6.07) is 13.5. The Bertz CT molecular complexity index is 987. The van der Waals surface area contributed by atoms with Gasteiger partial charge in [0, 0.05) is 29.9 Å². The Labute approximate surface area is 138 Å². The number of benzene rings is 1. The van der Waals surface area contributed by atoms with Gasteiger partial charge in [0.2, 0.25) is 0 Å². The Morgan fingerprint density at radius 1 is 1.08 bits per heavy atom. The number of fused-ring (bicyclic) bond motifs is 1. The number of rotatable bonds is 4. The van der Waals surface area contributed by atoms with Gasteiger partial charge in [-0.25, -0.2) is 9.97 Å². The van der Waals surface area contributed by atoms with Gasteiger partial charge in [0.25, 0.3) is 5.91 Å². The van der Waals surface area contributed by atoms with Crippen molar-refractivity contribution in [1.82, 2.24) is 25.3 Å².